The van der Waals surface area contributed by atoms with Crippen LogP contribution in [0.2, 0.25) is 0 Å². The first-order valence-electron chi connectivity index (χ1n) is 13.7. The Morgan fingerprint density at radius 2 is 1.82 bits per heavy atom. The van der Waals surface area contributed by atoms with Gasteiger partial charge in [-0.05, 0) is 76.3 Å². The molecule has 0 radical (unpaired) electrons. The number of hydrogen-bond donors (Lipinski definition) is 2. The average molecular weight is 547 g/mol. The van der Waals surface area contributed by atoms with Crippen LogP contribution >= 0.6 is 0 Å². The quantitative estimate of drug-likeness (QED) is 0.371. The van der Waals surface area contributed by atoms with Crippen LogP contribution in [0, 0.1) is 0 Å². The molecule has 0 saturated carbocycles. The molecule has 1 aromatic carbocycles. The first kappa shape index (κ1) is 28.8. The third-order valence-corrected chi connectivity index (χ3v) is 6.78. The number of likely N-dealkylation sites (tertiary alicyclic amines) is 1. The van der Waals surface area contributed by atoms with E-state index < -0.39 is 11.7 Å². The van der Waals surface area contributed by atoms with E-state index in [4.69, 9.17) is 9.72 Å². The third kappa shape index (κ3) is 6.32. The second-order valence-electron chi connectivity index (χ2n) is 10.9. The number of carbonyl (C=O) groups excluding carboxylic acids is 3. The number of imidazole rings is 1. The van der Waals surface area contributed by atoms with E-state index in [2.05, 4.69) is 15.7 Å². The maximum atomic E-state index is 13.1. The van der Waals surface area contributed by atoms with Crippen molar-refractivity contribution in [2.75, 3.05) is 24.3 Å². The number of amides is 2. The summed E-state index contributed by atoms with van der Waals surface area (Å²) in [7, 11) is 1.72. The van der Waals surface area contributed by atoms with Gasteiger partial charge in [0.15, 0.2) is 11.6 Å². The average Bonchev–Trinajstić information content (AvgIpc) is 3.32. The number of ketones is 1. The standard InChI is InChI=1S/C30H38N6O4/c1-7-20-15-16-32-24(18-20)33-28(38)22-13-11-21(12-14-22)25-26(19(2)37)36(31-6)27(34-25)23-10-8-9-17-35(23)29(39)40-30(3,4)5/h11-16,18,23,31H,7-10,17H2,1-6H3,(H,32,33,38)/t23-/m0/s1. The van der Waals surface area contributed by atoms with Crippen LogP contribution < -0.4 is 10.7 Å². The van der Waals surface area contributed by atoms with Gasteiger partial charge < -0.3 is 15.5 Å². The van der Waals surface area contributed by atoms with E-state index in [0.29, 0.717) is 47.1 Å². The van der Waals surface area contributed by atoms with Crippen molar-refractivity contribution >= 4 is 23.6 Å². The molecule has 4 rings (SSSR count). The first-order chi connectivity index (χ1) is 19.0. The van der Waals surface area contributed by atoms with Crippen LogP contribution in [0.1, 0.15) is 92.2 Å². The summed E-state index contributed by atoms with van der Waals surface area (Å²) < 4.78 is 7.35. The third-order valence-electron chi connectivity index (χ3n) is 6.78. The number of pyridine rings is 1. The lowest BCUT2D eigenvalue weighted by Gasteiger charge is -2.36. The molecule has 3 heterocycles. The molecular weight excluding hydrogens is 508 g/mol. The molecule has 2 amide bonds. The molecule has 10 heteroatoms. The van der Waals surface area contributed by atoms with Gasteiger partial charge in [0.05, 0.1) is 6.04 Å². The van der Waals surface area contributed by atoms with E-state index in [1.165, 1.54) is 6.92 Å². The van der Waals surface area contributed by atoms with Crippen LogP contribution in [0.4, 0.5) is 10.6 Å². The summed E-state index contributed by atoms with van der Waals surface area (Å²) in [5.41, 5.74) is 5.54. The van der Waals surface area contributed by atoms with E-state index in [9.17, 15) is 14.4 Å². The Hall–Kier alpha value is -4.21. The Morgan fingerprint density at radius 3 is 2.45 bits per heavy atom. The maximum Gasteiger partial charge on any atom is 0.410 e. The molecule has 10 nitrogen and oxygen atoms in total. The molecule has 1 atom stereocenters. The van der Waals surface area contributed by atoms with Gasteiger partial charge in [0.25, 0.3) is 5.91 Å². The number of aromatic nitrogens is 3. The SMILES string of the molecule is CCc1ccnc(NC(=O)c2ccc(-c3nc([C@@H]4CCCCN4C(=O)OC(C)(C)C)n(NC)c3C(C)=O)cc2)c1. The van der Waals surface area contributed by atoms with Gasteiger partial charge in [0, 0.05) is 37.8 Å². The van der Waals surface area contributed by atoms with E-state index in [-0.39, 0.29) is 17.7 Å². The molecule has 40 heavy (non-hydrogen) atoms. The minimum Gasteiger partial charge on any atom is -0.444 e. The van der Waals surface area contributed by atoms with Crippen molar-refractivity contribution in [3.8, 4) is 11.3 Å². The highest BCUT2D eigenvalue weighted by Crippen LogP contribution is 2.35. The topological polar surface area (TPSA) is 118 Å². The Kier molecular flexibility index (Phi) is 8.56. The van der Waals surface area contributed by atoms with E-state index >= 15 is 0 Å². The van der Waals surface area contributed by atoms with Gasteiger partial charge in [-0.15, -0.1) is 0 Å². The van der Waals surface area contributed by atoms with Crippen LogP contribution in [-0.4, -0.2) is 56.5 Å². The second-order valence-corrected chi connectivity index (χ2v) is 10.9. The number of aryl methyl sites for hydroxylation is 1. The van der Waals surface area contributed by atoms with Crippen molar-refractivity contribution < 1.29 is 19.1 Å². The molecule has 1 saturated heterocycles. The number of carbonyl (C=O) groups is 3. The molecule has 1 aliphatic heterocycles. The lowest BCUT2D eigenvalue weighted by atomic mass is 10.0. The van der Waals surface area contributed by atoms with Gasteiger partial charge in [-0.3, -0.25) is 14.5 Å². The van der Waals surface area contributed by atoms with Crippen molar-refractivity contribution in [3.05, 3.63) is 65.2 Å². The highest BCUT2D eigenvalue weighted by atomic mass is 16.6. The fourth-order valence-corrected chi connectivity index (χ4v) is 4.88. The summed E-state index contributed by atoms with van der Waals surface area (Å²) in [6.45, 7) is 9.59. The molecule has 1 fully saturated rings. The minimum atomic E-state index is -0.629. The molecule has 3 aromatic rings. The summed E-state index contributed by atoms with van der Waals surface area (Å²) in [5.74, 6) is 0.603. The zero-order valence-electron chi connectivity index (χ0n) is 24.1. The Balaban J connectivity index is 1.66. The number of nitrogens with one attached hydrogen (secondary N) is 2. The number of piperidine rings is 1. The lowest BCUT2D eigenvalue weighted by molar-refractivity contribution is 0.00817. The largest absolute Gasteiger partial charge is 0.444 e. The first-order valence-corrected chi connectivity index (χ1v) is 13.7. The molecule has 0 bridgehead atoms. The lowest BCUT2D eigenvalue weighted by Crippen LogP contribution is -2.43. The zero-order chi connectivity index (χ0) is 29.0. The van der Waals surface area contributed by atoms with Crippen LogP contribution in [-0.2, 0) is 11.2 Å². The summed E-state index contributed by atoms with van der Waals surface area (Å²) in [6, 6.07) is 10.3. The highest BCUT2D eigenvalue weighted by molar-refractivity contribution is 6.04. The smallest absolute Gasteiger partial charge is 0.410 e. The van der Waals surface area contributed by atoms with Crippen molar-refractivity contribution in [3.63, 3.8) is 0 Å². The van der Waals surface area contributed by atoms with Gasteiger partial charge in [-0.1, -0.05) is 19.1 Å². The van der Waals surface area contributed by atoms with Crippen LogP contribution in [0.3, 0.4) is 0 Å². The molecule has 0 unspecified atom stereocenters. The Labute approximate surface area is 235 Å². The number of ether oxygens (including phenoxy) is 1. The Morgan fingerprint density at radius 1 is 1.10 bits per heavy atom. The maximum absolute atomic E-state index is 13.1. The number of Topliss-reactive ketones (excluding diaryl/α,β-unsaturated/α-hetero) is 1. The van der Waals surface area contributed by atoms with Crippen molar-refractivity contribution in [1.82, 2.24) is 19.5 Å². The normalized spacial score (nSPS) is 15.4. The molecule has 2 aromatic heterocycles. The molecule has 2 N–H and O–H groups in total. The highest BCUT2D eigenvalue weighted by Gasteiger charge is 2.36. The zero-order valence-corrected chi connectivity index (χ0v) is 24.1. The number of rotatable bonds is 7. The summed E-state index contributed by atoms with van der Waals surface area (Å²) in [4.78, 5) is 49.7. The second kappa shape index (κ2) is 11.9. The van der Waals surface area contributed by atoms with Crippen molar-refractivity contribution in [1.29, 1.82) is 0 Å². The summed E-state index contributed by atoms with van der Waals surface area (Å²) in [5, 5.41) is 2.84. The van der Waals surface area contributed by atoms with Gasteiger partial charge in [0.2, 0.25) is 0 Å². The number of benzene rings is 1. The van der Waals surface area contributed by atoms with Gasteiger partial charge in [-0.2, -0.15) is 0 Å². The predicted octanol–water partition coefficient (Wildman–Crippen LogP) is 5.60. The summed E-state index contributed by atoms with van der Waals surface area (Å²) in [6.07, 6.45) is 4.60. The van der Waals surface area contributed by atoms with E-state index in [0.717, 1.165) is 24.8 Å². The summed E-state index contributed by atoms with van der Waals surface area (Å²) >= 11 is 0. The number of nitrogens with zero attached hydrogens (tertiary/aromatic N) is 4. The van der Waals surface area contributed by atoms with Crippen LogP contribution in [0.5, 0.6) is 0 Å². The van der Waals surface area contributed by atoms with E-state index in [1.54, 1.807) is 47.1 Å². The van der Waals surface area contributed by atoms with Gasteiger partial charge >= 0.3 is 6.09 Å². The molecule has 212 valence electrons. The van der Waals surface area contributed by atoms with Gasteiger partial charge in [0.1, 0.15) is 22.8 Å². The van der Waals surface area contributed by atoms with Crippen molar-refractivity contribution in [2.24, 2.45) is 0 Å². The molecule has 0 spiro atoms. The van der Waals surface area contributed by atoms with E-state index in [1.807, 2.05) is 39.8 Å². The number of anilines is 1. The predicted molar refractivity (Wildman–Crippen MR) is 154 cm³/mol. The molecule has 0 aliphatic carbocycles. The monoisotopic (exact) mass is 546 g/mol. The fourth-order valence-electron chi connectivity index (χ4n) is 4.88. The van der Waals surface area contributed by atoms with Gasteiger partial charge in [-0.25, -0.2) is 19.4 Å². The fraction of sp³-hybridized carbons (Fsp3) is 0.433. The number of hydrogen-bond acceptors (Lipinski definition) is 7. The van der Waals surface area contributed by atoms with Crippen molar-refractivity contribution in [2.45, 2.75) is 71.9 Å². The Bertz CT molecular complexity index is 1390. The molecular formula is C30H38N6O4. The van der Waals surface area contributed by atoms with Crippen LogP contribution in [0.25, 0.3) is 11.3 Å². The minimum absolute atomic E-state index is 0.175. The molecule has 1 aliphatic rings. The van der Waals surface area contributed by atoms with Crippen LogP contribution in [0.15, 0.2) is 42.6 Å².